The molecule has 0 saturated carbocycles. The van der Waals surface area contributed by atoms with Crippen LogP contribution in [0, 0.1) is 0 Å². The number of sulfone groups is 1. The summed E-state index contributed by atoms with van der Waals surface area (Å²) in [5, 5.41) is 11.4. The Balaban J connectivity index is 2.64. The van der Waals surface area contributed by atoms with Crippen LogP contribution in [0.1, 0.15) is 33.1 Å². The summed E-state index contributed by atoms with van der Waals surface area (Å²) in [6.45, 7) is 4.62. The second kappa shape index (κ2) is 6.38. The molecule has 18 heavy (non-hydrogen) atoms. The van der Waals surface area contributed by atoms with Crippen LogP contribution in [0.4, 0.5) is 0 Å². The van der Waals surface area contributed by atoms with Gasteiger partial charge in [-0.2, -0.15) is 0 Å². The Kier molecular flexibility index (Phi) is 5.40. The standard InChI is InChI=1S/C11H23N3O3S/c1-9(2)18(16,17)8-7-14-6-4-3-5-10(14)11(12)13-15/h9-10,15H,3-8H2,1-2H3,(H2,12,13). The molecule has 0 spiro atoms. The second-order valence-electron chi connectivity index (χ2n) is 4.99. The van der Waals surface area contributed by atoms with Gasteiger partial charge in [0.25, 0.3) is 0 Å². The van der Waals surface area contributed by atoms with Gasteiger partial charge in [0.2, 0.25) is 0 Å². The van der Waals surface area contributed by atoms with E-state index in [1.165, 1.54) is 0 Å². The Morgan fingerprint density at radius 1 is 1.50 bits per heavy atom. The summed E-state index contributed by atoms with van der Waals surface area (Å²) >= 11 is 0. The van der Waals surface area contributed by atoms with E-state index in [0.717, 1.165) is 25.8 Å². The highest BCUT2D eigenvalue weighted by molar-refractivity contribution is 7.92. The van der Waals surface area contributed by atoms with Crippen LogP contribution in [0.15, 0.2) is 5.16 Å². The molecule has 1 saturated heterocycles. The number of amidine groups is 1. The minimum Gasteiger partial charge on any atom is -0.409 e. The Morgan fingerprint density at radius 2 is 2.17 bits per heavy atom. The number of nitrogens with two attached hydrogens (primary N) is 1. The summed E-state index contributed by atoms with van der Waals surface area (Å²) in [4.78, 5) is 2.00. The van der Waals surface area contributed by atoms with Gasteiger partial charge in [0.15, 0.2) is 15.7 Å². The van der Waals surface area contributed by atoms with Gasteiger partial charge >= 0.3 is 0 Å². The van der Waals surface area contributed by atoms with E-state index in [9.17, 15) is 8.42 Å². The molecule has 0 amide bonds. The fourth-order valence-corrected chi connectivity index (χ4v) is 3.10. The fourth-order valence-electron chi connectivity index (χ4n) is 2.14. The zero-order chi connectivity index (χ0) is 13.8. The molecule has 1 heterocycles. The van der Waals surface area contributed by atoms with E-state index in [2.05, 4.69) is 5.16 Å². The Bertz CT molecular complexity index is 392. The van der Waals surface area contributed by atoms with Gasteiger partial charge < -0.3 is 10.9 Å². The monoisotopic (exact) mass is 277 g/mol. The lowest BCUT2D eigenvalue weighted by Crippen LogP contribution is -2.49. The topological polar surface area (TPSA) is 96.0 Å². The molecule has 0 aromatic carbocycles. The van der Waals surface area contributed by atoms with Crippen molar-refractivity contribution in [1.29, 1.82) is 0 Å². The minimum absolute atomic E-state index is 0.125. The van der Waals surface area contributed by atoms with Crippen LogP contribution in [0.2, 0.25) is 0 Å². The quantitative estimate of drug-likeness (QED) is 0.328. The molecule has 0 radical (unpaired) electrons. The first-order valence-electron chi connectivity index (χ1n) is 6.31. The molecular weight excluding hydrogens is 254 g/mol. The van der Waals surface area contributed by atoms with Crippen molar-refractivity contribution in [1.82, 2.24) is 4.90 Å². The van der Waals surface area contributed by atoms with E-state index in [1.807, 2.05) is 4.90 Å². The normalized spacial score (nSPS) is 23.5. The molecule has 0 bridgehead atoms. The predicted octanol–water partition coefficient (Wildman–Crippen LogP) is 0.411. The van der Waals surface area contributed by atoms with E-state index in [-0.39, 0.29) is 22.9 Å². The summed E-state index contributed by atoms with van der Waals surface area (Å²) in [5.41, 5.74) is 5.65. The molecule has 1 rings (SSSR count). The highest BCUT2D eigenvalue weighted by Crippen LogP contribution is 2.17. The highest BCUT2D eigenvalue weighted by atomic mass is 32.2. The van der Waals surface area contributed by atoms with Gasteiger partial charge in [-0.15, -0.1) is 0 Å². The first-order valence-corrected chi connectivity index (χ1v) is 8.03. The second-order valence-corrected chi connectivity index (χ2v) is 7.66. The van der Waals surface area contributed by atoms with E-state index < -0.39 is 9.84 Å². The molecule has 1 aliphatic rings. The molecular formula is C11H23N3O3S. The third-order valence-electron chi connectivity index (χ3n) is 3.45. The van der Waals surface area contributed by atoms with Crippen LogP contribution in [-0.4, -0.2) is 54.5 Å². The maximum atomic E-state index is 11.8. The lowest BCUT2D eigenvalue weighted by Gasteiger charge is -2.34. The van der Waals surface area contributed by atoms with E-state index in [4.69, 9.17) is 10.9 Å². The summed E-state index contributed by atoms with van der Waals surface area (Å²) in [7, 11) is -3.04. The number of hydrogen-bond acceptors (Lipinski definition) is 5. The smallest absolute Gasteiger partial charge is 0.156 e. The molecule has 0 aromatic rings. The minimum atomic E-state index is -3.04. The van der Waals surface area contributed by atoms with Gasteiger partial charge in [-0.3, -0.25) is 4.90 Å². The lowest BCUT2D eigenvalue weighted by molar-refractivity contribution is 0.196. The van der Waals surface area contributed by atoms with Crippen LogP contribution in [-0.2, 0) is 9.84 Å². The zero-order valence-electron chi connectivity index (χ0n) is 11.0. The van der Waals surface area contributed by atoms with Gasteiger partial charge in [0, 0.05) is 6.54 Å². The Labute approximate surface area is 109 Å². The molecule has 106 valence electrons. The van der Waals surface area contributed by atoms with E-state index in [1.54, 1.807) is 13.8 Å². The van der Waals surface area contributed by atoms with Crippen molar-refractivity contribution in [2.45, 2.75) is 44.4 Å². The number of oxime groups is 1. The Morgan fingerprint density at radius 3 is 2.72 bits per heavy atom. The number of likely N-dealkylation sites (tertiary alicyclic amines) is 1. The van der Waals surface area contributed by atoms with Crippen molar-refractivity contribution in [2.75, 3.05) is 18.8 Å². The third kappa shape index (κ3) is 3.84. The van der Waals surface area contributed by atoms with Gasteiger partial charge in [-0.25, -0.2) is 8.42 Å². The van der Waals surface area contributed by atoms with Crippen LogP contribution >= 0.6 is 0 Å². The number of piperidine rings is 1. The maximum Gasteiger partial charge on any atom is 0.156 e. The zero-order valence-corrected chi connectivity index (χ0v) is 11.9. The van der Waals surface area contributed by atoms with Crippen LogP contribution in [0.25, 0.3) is 0 Å². The number of hydrogen-bond donors (Lipinski definition) is 2. The average Bonchev–Trinajstić information content (AvgIpc) is 2.35. The summed E-state index contributed by atoms with van der Waals surface area (Å²) in [6.07, 6.45) is 2.86. The molecule has 3 N–H and O–H groups in total. The number of nitrogens with zero attached hydrogens (tertiary/aromatic N) is 2. The molecule has 1 aliphatic heterocycles. The molecule has 6 nitrogen and oxygen atoms in total. The van der Waals surface area contributed by atoms with Gasteiger partial charge in [0.05, 0.1) is 17.0 Å². The first kappa shape index (κ1) is 15.2. The summed E-state index contributed by atoms with van der Waals surface area (Å²) < 4.78 is 23.6. The summed E-state index contributed by atoms with van der Waals surface area (Å²) in [5.74, 6) is 0.302. The molecule has 1 unspecified atom stereocenters. The fraction of sp³-hybridized carbons (Fsp3) is 0.909. The molecule has 1 fully saturated rings. The average molecular weight is 277 g/mol. The van der Waals surface area contributed by atoms with Crippen LogP contribution in [0.3, 0.4) is 0 Å². The van der Waals surface area contributed by atoms with Crippen LogP contribution in [0.5, 0.6) is 0 Å². The molecule has 0 aliphatic carbocycles. The van der Waals surface area contributed by atoms with Crippen molar-refractivity contribution >= 4 is 15.7 Å². The van der Waals surface area contributed by atoms with E-state index in [0.29, 0.717) is 6.54 Å². The van der Waals surface area contributed by atoms with Gasteiger partial charge in [0.1, 0.15) is 0 Å². The molecule has 7 heteroatoms. The SMILES string of the molecule is CC(C)S(=O)(=O)CCN1CCCCC1C(N)=NO. The van der Waals surface area contributed by atoms with E-state index >= 15 is 0 Å². The molecule has 1 atom stereocenters. The highest BCUT2D eigenvalue weighted by Gasteiger charge is 2.27. The Hall–Kier alpha value is -0.820. The predicted molar refractivity (Wildman–Crippen MR) is 71.5 cm³/mol. The van der Waals surface area contributed by atoms with Crippen molar-refractivity contribution in [3.8, 4) is 0 Å². The van der Waals surface area contributed by atoms with Crippen molar-refractivity contribution in [2.24, 2.45) is 10.9 Å². The lowest BCUT2D eigenvalue weighted by atomic mass is 10.0. The first-order chi connectivity index (χ1) is 8.38. The molecule has 0 aromatic heterocycles. The number of rotatable bonds is 5. The van der Waals surface area contributed by atoms with Gasteiger partial charge in [-0.1, -0.05) is 11.6 Å². The summed E-state index contributed by atoms with van der Waals surface area (Å²) in [6, 6.07) is -0.133. The van der Waals surface area contributed by atoms with Crippen molar-refractivity contribution < 1.29 is 13.6 Å². The van der Waals surface area contributed by atoms with Crippen LogP contribution < -0.4 is 5.73 Å². The largest absolute Gasteiger partial charge is 0.409 e. The van der Waals surface area contributed by atoms with Crippen molar-refractivity contribution in [3.63, 3.8) is 0 Å². The third-order valence-corrected chi connectivity index (χ3v) is 5.64. The van der Waals surface area contributed by atoms with Crippen molar-refractivity contribution in [3.05, 3.63) is 0 Å². The maximum absolute atomic E-state index is 11.8. The van der Waals surface area contributed by atoms with Gasteiger partial charge in [-0.05, 0) is 33.2 Å².